The first-order valence-corrected chi connectivity index (χ1v) is 8.39. The third-order valence-corrected chi connectivity index (χ3v) is 4.93. The van der Waals surface area contributed by atoms with Crippen molar-refractivity contribution in [3.8, 4) is 0 Å². The molecule has 0 aliphatic heterocycles. The predicted molar refractivity (Wildman–Crippen MR) is 83.8 cm³/mol. The van der Waals surface area contributed by atoms with Crippen molar-refractivity contribution in [1.29, 1.82) is 0 Å². The Morgan fingerprint density at radius 1 is 1.05 bits per heavy atom. The van der Waals surface area contributed by atoms with Crippen LogP contribution >= 0.6 is 0 Å². The number of aromatic nitrogens is 1. The Kier molecular flexibility index (Phi) is 4.24. The number of quaternary nitrogens is 1. The summed E-state index contributed by atoms with van der Waals surface area (Å²) < 4.78 is 0. The molecule has 0 saturated carbocycles. The molecule has 0 radical (unpaired) electrons. The number of anilines is 1. The smallest absolute Gasteiger partial charge is 0.279 e. The van der Waals surface area contributed by atoms with Crippen LogP contribution in [0.5, 0.6) is 0 Å². The van der Waals surface area contributed by atoms with Gasteiger partial charge in [-0.05, 0) is 63.5 Å². The largest absolute Gasteiger partial charge is 0.328 e. The first-order chi connectivity index (χ1) is 10.2. The van der Waals surface area contributed by atoms with Gasteiger partial charge in [0, 0.05) is 11.4 Å². The molecule has 0 fully saturated rings. The Bertz CT molecular complexity index is 517. The van der Waals surface area contributed by atoms with Crippen molar-refractivity contribution in [2.45, 2.75) is 52.4 Å². The molecule has 0 aromatic carbocycles. The lowest BCUT2D eigenvalue weighted by molar-refractivity contribution is -0.888. The van der Waals surface area contributed by atoms with Gasteiger partial charge in [0.05, 0.1) is 18.8 Å². The van der Waals surface area contributed by atoms with E-state index in [2.05, 4.69) is 19.2 Å². The van der Waals surface area contributed by atoms with Crippen molar-refractivity contribution in [3.63, 3.8) is 0 Å². The molecule has 114 valence electrons. The van der Waals surface area contributed by atoms with Crippen molar-refractivity contribution < 1.29 is 9.69 Å². The highest BCUT2D eigenvalue weighted by Gasteiger charge is 2.26. The number of carbonyl (C=O) groups excluding carboxylic acids is 1. The van der Waals surface area contributed by atoms with Crippen molar-refractivity contribution in [2.75, 3.05) is 25.0 Å². The maximum Gasteiger partial charge on any atom is 0.279 e. The van der Waals surface area contributed by atoms with E-state index < -0.39 is 0 Å². The lowest BCUT2D eigenvalue weighted by atomic mass is 10.1. The molecule has 0 bridgehead atoms. The summed E-state index contributed by atoms with van der Waals surface area (Å²) in [5, 5.41) is 3.24. The van der Waals surface area contributed by atoms with Gasteiger partial charge in [0.2, 0.25) is 0 Å². The van der Waals surface area contributed by atoms with Gasteiger partial charge in [-0.2, -0.15) is 0 Å². The monoisotopic (exact) mass is 288 g/mol. The minimum absolute atomic E-state index is 0.156. The zero-order valence-electron chi connectivity index (χ0n) is 13.2. The fourth-order valence-electron chi connectivity index (χ4n) is 3.65. The summed E-state index contributed by atoms with van der Waals surface area (Å²) in [5.41, 5.74) is 6.24. The van der Waals surface area contributed by atoms with Gasteiger partial charge >= 0.3 is 0 Å². The van der Waals surface area contributed by atoms with Gasteiger partial charge in [0.15, 0.2) is 6.54 Å². The van der Waals surface area contributed by atoms with Crippen LogP contribution in [-0.2, 0) is 30.5 Å². The molecule has 1 aromatic rings. The molecular formula is C17H26N3O+. The number of nitrogens with zero attached hydrogens (tertiary/aromatic N) is 1. The number of rotatable bonds is 5. The second-order valence-electron chi connectivity index (χ2n) is 6.23. The topological polar surface area (TPSA) is 46.4 Å². The molecular weight excluding hydrogens is 262 g/mol. The average molecular weight is 288 g/mol. The molecule has 1 heterocycles. The van der Waals surface area contributed by atoms with Crippen molar-refractivity contribution >= 4 is 11.6 Å². The fraction of sp³-hybridized carbons (Fsp3) is 0.647. The van der Waals surface area contributed by atoms with Crippen LogP contribution in [0, 0.1) is 0 Å². The van der Waals surface area contributed by atoms with E-state index in [1.807, 2.05) is 0 Å². The van der Waals surface area contributed by atoms with Crippen LogP contribution < -0.4 is 10.2 Å². The van der Waals surface area contributed by atoms with E-state index in [0.29, 0.717) is 6.54 Å². The summed E-state index contributed by atoms with van der Waals surface area (Å²) in [5.74, 6) is 0.156. The van der Waals surface area contributed by atoms with E-state index in [0.717, 1.165) is 44.5 Å². The van der Waals surface area contributed by atoms with E-state index in [9.17, 15) is 4.79 Å². The summed E-state index contributed by atoms with van der Waals surface area (Å²) in [6.45, 7) is 6.83. The van der Waals surface area contributed by atoms with Crippen LogP contribution in [0.4, 0.5) is 5.69 Å². The number of aryl methyl sites for hydroxylation is 2. The predicted octanol–water partition coefficient (Wildman–Crippen LogP) is 0.922. The van der Waals surface area contributed by atoms with E-state index in [1.54, 1.807) is 0 Å². The number of hydrogen-bond acceptors (Lipinski definition) is 2. The van der Waals surface area contributed by atoms with Gasteiger partial charge < -0.3 is 10.2 Å². The number of hydrogen-bond donors (Lipinski definition) is 2. The molecule has 0 unspecified atom stereocenters. The molecule has 0 spiro atoms. The number of nitrogens with one attached hydrogen (secondary N) is 2. The van der Waals surface area contributed by atoms with Gasteiger partial charge in [-0.15, -0.1) is 0 Å². The van der Waals surface area contributed by atoms with E-state index >= 15 is 0 Å². The molecule has 1 amide bonds. The Hall–Kier alpha value is -1.42. The summed E-state index contributed by atoms with van der Waals surface area (Å²) in [6, 6.07) is 0. The van der Waals surface area contributed by atoms with Crippen LogP contribution in [0.2, 0.25) is 0 Å². The number of pyridine rings is 1. The third-order valence-electron chi connectivity index (χ3n) is 4.93. The molecule has 4 heteroatoms. The Balaban J connectivity index is 1.84. The quantitative estimate of drug-likeness (QED) is 0.846. The molecule has 0 atom stereocenters. The minimum atomic E-state index is 0.156. The SMILES string of the molecule is CC[NH+](CC)CC(=O)Nc1c2c(nc3c1CCC3)CCC2. The normalized spacial score (nSPS) is 16.1. The molecule has 4 nitrogen and oxygen atoms in total. The minimum Gasteiger partial charge on any atom is -0.328 e. The molecule has 2 aliphatic carbocycles. The van der Waals surface area contributed by atoms with Crippen molar-refractivity contribution in [1.82, 2.24) is 4.98 Å². The van der Waals surface area contributed by atoms with E-state index in [-0.39, 0.29) is 5.91 Å². The first-order valence-electron chi connectivity index (χ1n) is 8.39. The van der Waals surface area contributed by atoms with Crippen LogP contribution in [0.3, 0.4) is 0 Å². The van der Waals surface area contributed by atoms with E-state index in [4.69, 9.17) is 4.98 Å². The maximum absolute atomic E-state index is 12.4. The number of carbonyl (C=O) groups is 1. The van der Waals surface area contributed by atoms with Gasteiger partial charge in [0.1, 0.15) is 0 Å². The number of fused-ring (bicyclic) bond motifs is 2. The number of likely N-dealkylation sites (N-methyl/N-ethyl adjacent to an activating group) is 1. The maximum atomic E-state index is 12.4. The lowest BCUT2D eigenvalue weighted by Crippen LogP contribution is -3.12. The molecule has 3 rings (SSSR count). The van der Waals surface area contributed by atoms with Crippen molar-refractivity contribution in [2.24, 2.45) is 0 Å². The zero-order chi connectivity index (χ0) is 14.8. The van der Waals surface area contributed by atoms with Gasteiger partial charge in [-0.1, -0.05) is 0 Å². The van der Waals surface area contributed by atoms with Gasteiger partial charge in [-0.3, -0.25) is 9.78 Å². The van der Waals surface area contributed by atoms with Crippen LogP contribution in [0.25, 0.3) is 0 Å². The summed E-state index contributed by atoms with van der Waals surface area (Å²) in [7, 11) is 0. The Morgan fingerprint density at radius 3 is 2.14 bits per heavy atom. The highest BCUT2D eigenvalue weighted by atomic mass is 16.2. The zero-order valence-corrected chi connectivity index (χ0v) is 13.2. The number of amides is 1. The summed E-state index contributed by atoms with van der Waals surface area (Å²) >= 11 is 0. The summed E-state index contributed by atoms with van der Waals surface area (Å²) in [4.78, 5) is 18.6. The van der Waals surface area contributed by atoms with Crippen LogP contribution in [0.1, 0.15) is 49.2 Å². The Morgan fingerprint density at radius 2 is 1.62 bits per heavy atom. The van der Waals surface area contributed by atoms with E-state index in [1.165, 1.54) is 40.3 Å². The van der Waals surface area contributed by atoms with Gasteiger partial charge in [-0.25, -0.2) is 0 Å². The average Bonchev–Trinajstić information content (AvgIpc) is 3.12. The van der Waals surface area contributed by atoms with Gasteiger partial charge in [0.25, 0.3) is 5.91 Å². The highest BCUT2D eigenvalue weighted by molar-refractivity contribution is 5.93. The molecule has 2 N–H and O–H groups in total. The summed E-state index contributed by atoms with van der Waals surface area (Å²) in [6.07, 6.45) is 6.65. The van der Waals surface area contributed by atoms with Crippen LogP contribution in [0.15, 0.2) is 0 Å². The standard InChI is InChI=1S/C17H25N3O/c1-3-20(4-2)11-16(21)19-17-12-7-5-9-14(12)18-15-10-6-8-13(15)17/h3-11H2,1-2H3,(H,18,19,21)/p+1. The first kappa shape index (κ1) is 14.5. The molecule has 21 heavy (non-hydrogen) atoms. The molecule has 0 saturated heterocycles. The molecule has 2 aliphatic rings. The second-order valence-corrected chi connectivity index (χ2v) is 6.23. The molecule has 1 aromatic heterocycles. The lowest BCUT2D eigenvalue weighted by Gasteiger charge is -2.18. The Labute approximate surface area is 126 Å². The fourth-order valence-corrected chi connectivity index (χ4v) is 3.65. The highest BCUT2D eigenvalue weighted by Crippen LogP contribution is 2.36. The second kappa shape index (κ2) is 6.14. The third kappa shape index (κ3) is 2.82. The van der Waals surface area contributed by atoms with Crippen LogP contribution in [-0.4, -0.2) is 30.5 Å². The van der Waals surface area contributed by atoms with Crippen molar-refractivity contribution in [3.05, 3.63) is 22.5 Å².